The Morgan fingerprint density at radius 2 is 1.56 bits per heavy atom. The predicted molar refractivity (Wildman–Crippen MR) is 163 cm³/mol. The molecule has 220 valence electrons. The molecule has 0 saturated heterocycles. The van der Waals surface area contributed by atoms with Crippen LogP contribution in [-0.4, -0.2) is 50.9 Å². The Kier molecular flexibility index (Phi) is 11.6. The van der Waals surface area contributed by atoms with E-state index in [1.807, 2.05) is 27.7 Å². The molecule has 10 heteroatoms. The van der Waals surface area contributed by atoms with Gasteiger partial charge in [-0.05, 0) is 80.8 Å². The lowest BCUT2D eigenvalue weighted by molar-refractivity contribution is -0.140. The fraction of sp³-hybridized carbons (Fsp3) is 0.355. The average molecular weight is 600 g/mol. The highest BCUT2D eigenvalue weighted by atomic mass is 35.5. The summed E-state index contributed by atoms with van der Waals surface area (Å²) in [6.45, 7) is 8.03. The van der Waals surface area contributed by atoms with Gasteiger partial charge in [-0.1, -0.05) is 55.3 Å². The lowest BCUT2D eigenvalue weighted by Crippen LogP contribution is -2.52. The number of nitrogens with one attached hydrogen (secondary N) is 1. The van der Waals surface area contributed by atoms with E-state index in [0.717, 1.165) is 21.9 Å². The first kappa shape index (κ1) is 32.0. The summed E-state index contributed by atoms with van der Waals surface area (Å²) in [7, 11) is -4.14. The van der Waals surface area contributed by atoms with Crippen LogP contribution in [0, 0.1) is 6.92 Å². The first-order valence-corrected chi connectivity index (χ1v) is 15.6. The smallest absolute Gasteiger partial charge is 0.264 e. The fourth-order valence-electron chi connectivity index (χ4n) is 4.31. The van der Waals surface area contributed by atoms with Gasteiger partial charge in [-0.15, -0.1) is 0 Å². The second-order valence-electron chi connectivity index (χ2n) is 9.61. The quantitative estimate of drug-likeness (QED) is 0.261. The number of ether oxygens (including phenoxy) is 1. The summed E-state index contributed by atoms with van der Waals surface area (Å²) in [4.78, 5) is 28.7. The third-order valence-electron chi connectivity index (χ3n) is 6.52. The van der Waals surface area contributed by atoms with Gasteiger partial charge in [-0.3, -0.25) is 13.9 Å². The van der Waals surface area contributed by atoms with Crippen LogP contribution in [0.1, 0.15) is 44.7 Å². The van der Waals surface area contributed by atoms with Crippen molar-refractivity contribution in [3.63, 3.8) is 0 Å². The SMILES string of the molecule is CCCNC(=O)[C@H](CC)N(Cc1ccc(Cl)cc1)C(=O)CN(c1ccc(OCC)cc1)S(=O)(=O)c1ccc(C)cc1. The Bertz CT molecular complexity index is 1400. The van der Waals surface area contributed by atoms with E-state index in [-0.39, 0.29) is 17.3 Å². The number of hydrogen-bond acceptors (Lipinski definition) is 5. The van der Waals surface area contributed by atoms with Gasteiger partial charge in [0.15, 0.2) is 0 Å². The third-order valence-corrected chi connectivity index (χ3v) is 8.56. The lowest BCUT2D eigenvalue weighted by atomic mass is 10.1. The number of carbonyl (C=O) groups excluding carboxylic acids is 2. The minimum atomic E-state index is -4.14. The number of amides is 2. The molecule has 0 aliphatic carbocycles. The largest absolute Gasteiger partial charge is 0.494 e. The molecule has 0 bridgehead atoms. The van der Waals surface area contributed by atoms with Crippen molar-refractivity contribution < 1.29 is 22.7 Å². The summed E-state index contributed by atoms with van der Waals surface area (Å²) in [5, 5.41) is 3.42. The van der Waals surface area contributed by atoms with Crippen LogP contribution in [-0.2, 0) is 26.2 Å². The number of anilines is 1. The summed E-state index contributed by atoms with van der Waals surface area (Å²) in [6.07, 6.45) is 1.09. The van der Waals surface area contributed by atoms with E-state index in [1.54, 1.807) is 60.7 Å². The average Bonchev–Trinajstić information content (AvgIpc) is 2.96. The topological polar surface area (TPSA) is 96.0 Å². The highest BCUT2D eigenvalue weighted by molar-refractivity contribution is 7.92. The Morgan fingerprint density at radius 3 is 2.12 bits per heavy atom. The molecule has 41 heavy (non-hydrogen) atoms. The van der Waals surface area contributed by atoms with Crippen LogP contribution in [0.2, 0.25) is 5.02 Å². The van der Waals surface area contributed by atoms with Gasteiger partial charge in [0.25, 0.3) is 10.0 Å². The van der Waals surface area contributed by atoms with Crippen LogP contribution in [0.25, 0.3) is 0 Å². The maximum atomic E-state index is 14.1. The van der Waals surface area contributed by atoms with Crippen molar-refractivity contribution >= 4 is 39.1 Å². The molecule has 1 N–H and O–H groups in total. The van der Waals surface area contributed by atoms with Crippen LogP contribution in [0.4, 0.5) is 5.69 Å². The molecule has 0 unspecified atom stereocenters. The zero-order valence-corrected chi connectivity index (χ0v) is 25.5. The molecule has 1 atom stereocenters. The number of rotatable bonds is 14. The molecule has 3 aromatic carbocycles. The molecule has 3 aromatic rings. The number of aryl methyl sites for hydroxylation is 1. The standard InChI is InChI=1S/C31H38ClN3O5S/c1-5-20-33-31(37)29(6-2)34(21-24-10-12-25(32)13-11-24)30(36)22-35(26-14-16-27(17-15-26)40-7-3)41(38,39)28-18-8-23(4)9-19-28/h8-19,29H,5-7,20-22H2,1-4H3,(H,33,37)/t29-/m0/s1. The summed E-state index contributed by atoms with van der Waals surface area (Å²) in [6, 6.07) is 19.2. The molecule has 0 spiro atoms. The maximum Gasteiger partial charge on any atom is 0.264 e. The second kappa shape index (κ2) is 14.9. The number of nitrogens with zero attached hydrogens (tertiary/aromatic N) is 2. The summed E-state index contributed by atoms with van der Waals surface area (Å²) in [5.41, 5.74) is 1.97. The van der Waals surface area contributed by atoms with Crippen molar-refractivity contribution in [3.8, 4) is 5.75 Å². The van der Waals surface area contributed by atoms with Crippen molar-refractivity contribution in [1.29, 1.82) is 0 Å². The predicted octanol–water partition coefficient (Wildman–Crippen LogP) is 5.58. The van der Waals surface area contributed by atoms with E-state index in [4.69, 9.17) is 16.3 Å². The minimum Gasteiger partial charge on any atom is -0.494 e. The zero-order chi connectivity index (χ0) is 30.0. The van der Waals surface area contributed by atoms with E-state index < -0.39 is 28.5 Å². The number of carbonyl (C=O) groups is 2. The molecular weight excluding hydrogens is 562 g/mol. The number of halogens is 1. The molecule has 3 rings (SSSR count). The van der Waals surface area contributed by atoms with Gasteiger partial charge in [-0.25, -0.2) is 8.42 Å². The molecule has 0 radical (unpaired) electrons. The van der Waals surface area contributed by atoms with Crippen LogP contribution >= 0.6 is 11.6 Å². The molecule has 8 nitrogen and oxygen atoms in total. The van der Waals surface area contributed by atoms with Crippen molar-refractivity contribution in [2.75, 3.05) is 24.0 Å². The van der Waals surface area contributed by atoms with E-state index in [9.17, 15) is 18.0 Å². The molecule has 0 heterocycles. The molecule has 2 amide bonds. The molecular formula is C31H38ClN3O5S. The summed E-state index contributed by atoms with van der Waals surface area (Å²) < 4.78 is 34.5. The van der Waals surface area contributed by atoms with Crippen LogP contribution in [0.3, 0.4) is 0 Å². The lowest BCUT2D eigenvalue weighted by Gasteiger charge is -2.33. The summed E-state index contributed by atoms with van der Waals surface area (Å²) >= 11 is 6.07. The third kappa shape index (κ3) is 8.47. The monoisotopic (exact) mass is 599 g/mol. The number of hydrogen-bond donors (Lipinski definition) is 1. The van der Waals surface area contributed by atoms with E-state index in [0.29, 0.717) is 36.0 Å². The highest BCUT2D eigenvalue weighted by Gasteiger charge is 2.33. The van der Waals surface area contributed by atoms with Crippen LogP contribution in [0.15, 0.2) is 77.7 Å². The highest BCUT2D eigenvalue weighted by Crippen LogP contribution is 2.27. The minimum absolute atomic E-state index is 0.0572. The van der Waals surface area contributed by atoms with Crippen molar-refractivity contribution in [2.45, 2.75) is 58.0 Å². The Balaban J connectivity index is 2.04. The van der Waals surface area contributed by atoms with Gasteiger partial charge in [0.2, 0.25) is 11.8 Å². The Labute approximate surface area is 248 Å². The number of sulfonamides is 1. The maximum absolute atomic E-state index is 14.1. The first-order valence-electron chi connectivity index (χ1n) is 13.7. The van der Waals surface area contributed by atoms with E-state index >= 15 is 0 Å². The van der Waals surface area contributed by atoms with Crippen LogP contribution in [0.5, 0.6) is 5.75 Å². The van der Waals surface area contributed by atoms with Crippen LogP contribution < -0.4 is 14.4 Å². The summed E-state index contributed by atoms with van der Waals surface area (Å²) in [5.74, 6) is -0.216. The molecule has 0 aromatic heterocycles. The molecule has 0 fully saturated rings. The van der Waals surface area contributed by atoms with Crippen molar-refractivity contribution in [1.82, 2.24) is 10.2 Å². The van der Waals surface area contributed by atoms with Gasteiger partial charge < -0.3 is 15.0 Å². The Morgan fingerprint density at radius 1 is 0.927 bits per heavy atom. The van der Waals surface area contributed by atoms with Gasteiger partial charge >= 0.3 is 0 Å². The number of benzene rings is 3. The van der Waals surface area contributed by atoms with Gasteiger partial charge in [0, 0.05) is 18.1 Å². The van der Waals surface area contributed by atoms with Gasteiger partial charge in [0.05, 0.1) is 17.2 Å². The van der Waals surface area contributed by atoms with Crippen molar-refractivity contribution in [2.24, 2.45) is 0 Å². The van der Waals surface area contributed by atoms with Gasteiger partial charge in [0.1, 0.15) is 18.3 Å². The first-order chi connectivity index (χ1) is 19.6. The zero-order valence-electron chi connectivity index (χ0n) is 24.0. The normalized spacial score (nSPS) is 11.9. The second-order valence-corrected chi connectivity index (χ2v) is 11.9. The fourth-order valence-corrected chi connectivity index (χ4v) is 5.85. The molecule has 0 saturated carbocycles. The Hall–Kier alpha value is -3.56. The van der Waals surface area contributed by atoms with Gasteiger partial charge in [-0.2, -0.15) is 0 Å². The molecule has 0 aliphatic heterocycles. The van der Waals surface area contributed by atoms with E-state index in [2.05, 4.69) is 5.32 Å². The van der Waals surface area contributed by atoms with Crippen molar-refractivity contribution in [3.05, 3.63) is 88.9 Å². The molecule has 0 aliphatic rings. The van der Waals surface area contributed by atoms with E-state index in [1.165, 1.54) is 17.0 Å².